The fourth-order valence-electron chi connectivity index (χ4n) is 3.03. The number of nitrogens with two attached hydrogens (primary N) is 1. The standard InChI is InChI=1S/C17H18F3N3O4/c1-9-13(16(24)27-8-7-21)14(15(23(25)26)10(2)22-9)11-5-3-4-6-12(11)17(18,19)20/h3-6,14,22H,7-8,21H2,1-2H3. The van der Waals surface area contributed by atoms with E-state index in [1.165, 1.54) is 26.0 Å². The van der Waals surface area contributed by atoms with Gasteiger partial charge in [0.2, 0.25) is 0 Å². The minimum atomic E-state index is -4.75. The molecule has 146 valence electrons. The van der Waals surface area contributed by atoms with Gasteiger partial charge in [0.25, 0.3) is 5.70 Å². The molecule has 3 N–H and O–H groups in total. The number of dihydropyridines is 1. The number of ether oxygens (including phenoxy) is 1. The third kappa shape index (κ3) is 4.11. The van der Waals surface area contributed by atoms with Gasteiger partial charge in [0.05, 0.1) is 21.8 Å². The smallest absolute Gasteiger partial charge is 0.416 e. The zero-order chi connectivity index (χ0) is 20.4. The predicted molar refractivity (Wildman–Crippen MR) is 89.7 cm³/mol. The number of nitrogens with one attached hydrogen (secondary N) is 1. The Bertz CT molecular complexity index is 831. The van der Waals surface area contributed by atoms with Crippen molar-refractivity contribution in [3.05, 3.63) is 68.2 Å². The Morgan fingerprint density at radius 3 is 2.48 bits per heavy atom. The molecule has 27 heavy (non-hydrogen) atoms. The van der Waals surface area contributed by atoms with Crippen LogP contribution in [-0.2, 0) is 15.7 Å². The lowest BCUT2D eigenvalue weighted by atomic mass is 9.81. The third-order valence-electron chi connectivity index (χ3n) is 4.07. The molecule has 0 bridgehead atoms. The summed E-state index contributed by atoms with van der Waals surface area (Å²) in [5.41, 5.74) is 3.28. The van der Waals surface area contributed by atoms with Crippen LogP contribution in [0.15, 0.2) is 46.9 Å². The first-order valence-electron chi connectivity index (χ1n) is 7.95. The van der Waals surface area contributed by atoms with Crippen LogP contribution in [0.4, 0.5) is 13.2 Å². The van der Waals surface area contributed by atoms with Crippen LogP contribution < -0.4 is 11.1 Å². The molecule has 1 unspecified atom stereocenters. The first kappa shape index (κ1) is 20.4. The van der Waals surface area contributed by atoms with Gasteiger partial charge in [-0.2, -0.15) is 13.2 Å². The fraction of sp³-hybridized carbons (Fsp3) is 0.353. The van der Waals surface area contributed by atoms with E-state index < -0.39 is 39.8 Å². The minimum Gasteiger partial charge on any atom is -0.461 e. The average Bonchev–Trinajstić information content (AvgIpc) is 2.57. The minimum absolute atomic E-state index is 0.00621. The van der Waals surface area contributed by atoms with Crippen molar-refractivity contribution in [3.63, 3.8) is 0 Å². The van der Waals surface area contributed by atoms with Gasteiger partial charge in [0.15, 0.2) is 0 Å². The van der Waals surface area contributed by atoms with E-state index in [1.807, 2.05) is 0 Å². The number of nitrogens with zero attached hydrogens (tertiary/aromatic N) is 1. The molecule has 1 atom stereocenters. The molecule has 0 amide bonds. The number of esters is 1. The van der Waals surface area contributed by atoms with Crippen molar-refractivity contribution >= 4 is 5.97 Å². The Labute approximate surface area is 152 Å². The van der Waals surface area contributed by atoms with Crippen LogP contribution in [0.2, 0.25) is 0 Å². The van der Waals surface area contributed by atoms with Crippen molar-refractivity contribution in [1.29, 1.82) is 0 Å². The quantitative estimate of drug-likeness (QED) is 0.458. The zero-order valence-corrected chi connectivity index (χ0v) is 14.6. The molecule has 1 aromatic rings. The molecule has 0 fully saturated rings. The second kappa shape index (κ2) is 7.78. The Morgan fingerprint density at radius 2 is 1.93 bits per heavy atom. The summed E-state index contributed by atoms with van der Waals surface area (Å²) >= 11 is 0. The highest BCUT2D eigenvalue weighted by molar-refractivity contribution is 5.92. The van der Waals surface area contributed by atoms with Crippen LogP contribution in [0.1, 0.15) is 30.9 Å². The van der Waals surface area contributed by atoms with Crippen molar-refractivity contribution in [2.24, 2.45) is 5.73 Å². The number of rotatable bonds is 5. The van der Waals surface area contributed by atoms with Crippen LogP contribution >= 0.6 is 0 Å². The zero-order valence-electron chi connectivity index (χ0n) is 14.6. The molecule has 1 aliphatic rings. The first-order chi connectivity index (χ1) is 12.6. The lowest BCUT2D eigenvalue weighted by Gasteiger charge is -2.28. The van der Waals surface area contributed by atoms with E-state index in [0.717, 1.165) is 12.1 Å². The van der Waals surface area contributed by atoms with Crippen LogP contribution in [0, 0.1) is 10.1 Å². The molecule has 0 saturated carbocycles. The summed E-state index contributed by atoms with van der Waals surface area (Å²) < 4.78 is 45.5. The monoisotopic (exact) mass is 385 g/mol. The maximum absolute atomic E-state index is 13.5. The topological polar surface area (TPSA) is 107 Å². The number of carbonyl (C=O) groups is 1. The molecular formula is C17H18F3N3O4. The highest BCUT2D eigenvalue weighted by Crippen LogP contribution is 2.44. The van der Waals surface area contributed by atoms with Gasteiger partial charge in [0.1, 0.15) is 12.5 Å². The summed E-state index contributed by atoms with van der Waals surface area (Å²) in [6.07, 6.45) is -4.75. The first-order valence-corrected chi connectivity index (χ1v) is 7.95. The Kier molecular flexibility index (Phi) is 5.89. The molecule has 0 aromatic heterocycles. The van der Waals surface area contributed by atoms with Gasteiger partial charge in [-0.1, -0.05) is 18.2 Å². The van der Waals surface area contributed by atoms with Crippen molar-refractivity contribution in [1.82, 2.24) is 5.32 Å². The summed E-state index contributed by atoms with van der Waals surface area (Å²) in [5, 5.41) is 14.3. The highest BCUT2D eigenvalue weighted by atomic mass is 19.4. The number of halogens is 3. The maximum atomic E-state index is 13.5. The maximum Gasteiger partial charge on any atom is 0.416 e. The van der Waals surface area contributed by atoms with Gasteiger partial charge in [-0.3, -0.25) is 10.1 Å². The van der Waals surface area contributed by atoms with Crippen molar-refractivity contribution in [2.45, 2.75) is 25.9 Å². The molecule has 7 nitrogen and oxygen atoms in total. The number of alkyl halides is 3. The van der Waals surface area contributed by atoms with Gasteiger partial charge in [-0.15, -0.1) is 0 Å². The van der Waals surface area contributed by atoms with Gasteiger partial charge in [0, 0.05) is 12.2 Å². The summed E-state index contributed by atoms with van der Waals surface area (Å²) in [5.74, 6) is -2.50. The number of hydrogen-bond acceptors (Lipinski definition) is 6. The third-order valence-corrected chi connectivity index (χ3v) is 4.07. The van der Waals surface area contributed by atoms with E-state index in [4.69, 9.17) is 10.5 Å². The number of allylic oxidation sites excluding steroid dienone is 3. The molecule has 0 radical (unpaired) electrons. The van der Waals surface area contributed by atoms with Gasteiger partial charge >= 0.3 is 12.1 Å². The fourth-order valence-corrected chi connectivity index (χ4v) is 3.03. The largest absolute Gasteiger partial charge is 0.461 e. The second-order valence-corrected chi connectivity index (χ2v) is 5.87. The van der Waals surface area contributed by atoms with E-state index in [2.05, 4.69) is 5.32 Å². The van der Waals surface area contributed by atoms with Crippen LogP contribution in [0.5, 0.6) is 0 Å². The van der Waals surface area contributed by atoms with Crippen molar-refractivity contribution < 1.29 is 27.6 Å². The van der Waals surface area contributed by atoms with E-state index in [1.54, 1.807) is 0 Å². The molecule has 1 heterocycles. The number of carbonyl (C=O) groups excluding carboxylic acids is 1. The predicted octanol–water partition coefficient (Wildman–Crippen LogP) is 2.68. The number of nitro groups is 1. The molecule has 0 aliphatic carbocycles. The number of benzene rings is 1. The van der Waals surface area contributed by atoms with Crippen molar-refractivity contribution in [2.75, 3.05) is 13.2 Å². The van der Waals surface area contributed by atoms with Crippen LogP contribution in [-0.4, -0.2) is 24.0 Å². The molecule has 1 aliphatic heterocycles. The number of hydrogen-bond donors (Lipinski definition) is 2. The Morgan fingerprint density at radius 1 is 1.30 bits per heavy atom. The second-order valence-electron chi connectivity index (χ2n) is 5.87. The SMILES string of the molecule is CC1=C(C(=O)OCCN)C(c2ccccc2C(F)(F)F)C([N+](=O)[O-])=C(C)N1. The molecule has 10 heteroatoms. The van der Waals surface area contributed by atoms with E-state index >= 15 is 0 Å². The molecule has 0 saturated heterocycles. The summed E-state index contributed by atoms with van der Waals surface area (Å²) in [6, 6.07) is 4.46. The lowest BCUT2D eigenvalue weighted by molar-refractivity contribution is -0.431. The van der Waals surface area contributed by atoms with Gasteiger partial charge in [-0.05, 0) is 25.5 Å². The van der Waals surface area contributed by atoms with E-state index in [9.17, 15) is 28.1 Å². The van der Waals surface area contributed by atoms with E-state index in [0.29, 0.717) is 0 Å². The molecule has 2 rings (SSSR count). The van der Waals surface area contributed by atoms with E-state index in [-0.39, 0.29) is 30.1 Å². The normalized spacial score (nSPS) is 17.6. The average molecular weight is 385 g/mol. The Hall–Kier alpha value is -2.88. The Balaban J connectivity index is 2.74. The van der Waals surface area contributed by atoms with Gasteiger partial charge < -0.3 is 15.8 Å². The summed E-state index contributed by atoms with van der Waals surface area (Å²) in [6.45, 7) is 2.65. The lowest BCUT2D eigenvalue weighted by Crippen LogP contribution is -2.33. The molecular weight excluding hydrogens is 367 g/mol. The molecule has 1 aromatic carbocycles. The summed E-state index contributed by atoms with van der Waals surface area (Å²) in [7, 11) is 0. The summed E-state index contributed by atoms with van der Waals surface area (Å²) in [4.78, 5) is 23.3. The highest BCUT2D eigenvalue weighted by Gasteiger charge is 2.45. The molecule has 0 spiro atoms. The van der Waals surface area contributed by atoms with Gasteiger partial charge in [-0.25, -0.2) is 4.79 Å². The van der Waals surface area contributed by atoms with Crippen LogP contribution in [0.3, 0.4) is 0 Å². The van der Waals surface area contributed by atoms with Crippen molar-refractivity contribution in [3.8, 4) is 0 Å². The van der Waals surface area contributed by atoms with Crippen LogP contribution in [0.25, 0.3) is 0 Å².